The van der Waals surface area contributed by atoms with Crippen molar-refractivity contribution in [1.82, 2.24) is 9.80 Å². The zero-order valence-corrected chi connectivity index (χ0v) is 8.81. The number of likely N-dealkylation sites (tertiary alicyclic amines) is 2. The first-order chi connectivity index (χ1) is 6.59. The van der Waals surface area contributed by atoms with Gasteiger partial charge in [0.15, 0.2) is 0 Å². The van der Waals surface area contributed by atoms with E-state index in [1.165, 1.54) is 0 Å². The SMILES string of the molecule is CN1CC2C(C(=O)O)CCN(C)C2C1. The Bertz CT molecular complexity index is 244. The Labute approximate surface area is 84.5 Å². The van der Waals surface area contributed by atoms with Gasteiger partial charge in [0, 0.05) is 25.0 Å². The van der Waals surface area contributed by atoms with E-state index in [-0.39, 0.29) is 5.92 Å². The van der Waals surface area contributed by atoms with E-state index in [4.69, 9.17) is 5.11 Å². The number of carbonyl (C=O) groups is 1. The second kappa shape index (κ2) is 3.51. The number of rotatable bonds is 1. The lowest BCUT2D eigenvalue weighted by atomic mass is 9.82. The molecule has 3 atom stereocenters. The summed E-state index contributed by atoms with van der Waals surface area (Å²) in [5, 5.41) is 9.12. The molecule has 0 aliphatic carbocycles. The molecule has 4 nitrogen and oxygen atoms in total. The quantitative estimate of drug-likeness (QED) is 0.641. The molecule has 2 aliphatic heterocycles. The van der Waals surface area contributed by atoms with Crippen molar-refractivity contribution < 1.29 is 9.90 Å². The third-order valence-electron chi connectivity index (χ3n) is 3.71. The molecule has 0 radical (unpaired) electrons. The lowest BCUT2D eigenvalue weighted by molar-refractivity contribution is -0.146. The van der Waals surface area contributed by atoms with Gasteiger partial charge in [0.25, 0.3) is 0 Å². The number of carboxylic acid groups (broad SMARTS) is 1. The molecule has 0 amide bonds. The van der Waals surface area contributed by atoms with Gasteiger partial charge in [-0.1, -0.05) is 0 Å². The lowest BCUT2D eigenvalue weighted by Gasteiger charge is -2.37. The van der Waals surface area contributed by atoms with Crippen LogP contribution in [0.5, 0.6) is 0 Å². The van der Waals surface area contributed by atoms with E-state index < -0.39 is 5.97 Å². The number of piperidine rings is 1. The third-order valence-corrected chi connectivity index (χ3v) is 3.71. The Hall–Kier alpha value is -0.610. The summed E-state index contributed by atoms with van der Waals surface area (Å²) in [5.41, 5.74) is 0. The Morgan fingerprint density at radius 2 is 2.07 bits per heavy atom. The van der Waals surface area contributed by atoms with Crippen molar-refractivity contribution in [3.8, 4) is 0 Å². The monoisotopic (exact) mass is 198 g/mol. The first-order valence-corrected chi connectivity index (χ1v) is 5.21. The molecule has 4 heteroatoms. The lowest BCUT2D eigenvalue weighted by Crippen LogP contribution is -2.48. The van der Waals surface area contributed by atoms with Crippen LogP contribution >= 0.6 is 0 Å². The summed E-state index contributed by atoms with van der Waals surface area (Å²) in [6.45, 7) is 2.88. The van der Waals surface area contributed by atoms with Crippen LogP contribution < -0.4 is 0 Å². The number of hydrogen-bond acceptors (Lipinski definition) is 3. The summed E-state index contributed by atoms with van der Waals surface area (Å²) in [5.74, 6) is -0.402. The maximum atomic E-state index is 11.1. The summed E-state index contributed by atoms with van der Waals surface area (Å²) in [6.07, 6.45) is 0.806. The second-order valence-corrected chi connectivity index (χ2v) is 4.67. The van der Waals surface area contributed by atoms with Crippen LogP contribution in [0.3, 0.4) is 0 Å². The first-order valence-electron chi connectivity index (χ1n) is 5.21. The highest BCUT2D eigenvalue weighted by atomic mass is 16.4. The zero-order chi connectivity index (χ0) is 10.3. The van der Waals surface area contributed by atoms with Crippen LogP contribution in [0.25, 0.3) is 0 Å². The van der Waals surface area contributed by atoms with Gasteiger partial charge in [0.05, 0.1) is 5.92 Å². The molecule has 0 saturated carbocycles. The highest BCUT2D eigenvalue weighted by Crippen LogP contribution is 2.33. The van der Waals surface area contributed by atoms with Gasteiger partial charge in [-0.05, 0) is 27.1 Å². The van der Waals surface area contributed by atoms with E-state index >= 15 is 0 Å². The number of nitrogens with zero attached hydrogens (tertiary/aromatic N) is 2. The minimum Gasteiger partial charge on any atom is -0.481 e. The Balaban J connectivity index is 2.14. The van der Waals surface area contributed by atoms with E-state index in [1.807, 2.05) is 0 Å². The highest BCUT2D eigenvalue weighted by Gasteiger charge is 2.44. The van der Waals surface area contributed by atoms with Crippen molar-refractivity contribution in [2.75, 3.05) is 33.7 Å². The number of fused-ring (bicyclic) bond motifs is 1. The van der Waals surface area contributed by atoms with Gasteiger partial charge in [-0.3, -0.25) is 4.79 Å². The molecule has 0 aromatic carbocycles. The van der Waals surface area contributed by atoms with Crippen LogP contribution in [0.15, 0.2) is 0 Å². The van der Waals surface area contributed by atoms with E-state index in [0.29, 0.717) is 12.0 Å². The number of hydrogen-bond donors (Lipinski definition) is 1. The van der Waals surface area contributed by atoms with E-state index in [9.17, 15) is 4.79 Å². The standard InChI is InChI=1S/C10H18N2O2/c1-11-5-8-7(10(13)14)3-4-12(2)9(8)6-11/h7-9H,3-6H2,1-2H3,(H,13,14). The van der Waals surface area contributed by atoms with Gasteiger partial charge >= 0.3 is 5.97 Å². The van der Waals surface area contributed by atoms with Crippen molar-refractivity contribution in [3.05, 3.63) is 0 Å². The molecule has 0 aromatic rings. The summed E-state index contributed by atoms with van der Waals surface area (Å²) in [4.78, 5) is 15.6. The largest absolute Gasteiger partial charge is 0.481 e. The van der Waals surface area contributed by atoms with Crippen LogP contribution in [0.2, 0.25) is 0 Å². The van der Waals surface area contributed by atoms with Crippen LogP contribution in [0.4, 0.5) is 0 Å². The molecule has 2 saturated heterocycles. The van der Waals surface area contributed by atoms with Crippen molar-refractivity contribution >= 4 is 5.97 Å². The molecule has 80 valence electrons. The van der Waals surface area contributed by atoms with Crippen molar-refractivity contribution in [2.45, 2.75) is 12.5 Å². The van der Waals surface area contributed by atoms with Crippen LogP contribution in [-0.2, 0) is 4.79 Å². The summed E-state index contributed by atoms with van der Waals surface area (Å²) >= 11 is 0. The fourth-order valence-electron chi connectivity index (χ4n) is 2.90. The Morgan fingerprint density at radius 1 is 1.36 bits per heavy atom. The molecule has 0 spiro atoms. The molecule has 14 heavy (non-hydrogen) atoms. The van der Waals surface area contributed by atoms with Crippen LogP contribution in [0.1, 0.15) is 6.42 Å². The van der Waals surface area contributed by atoms with Gasteiger partial charge in [-0.15, -0.1) is 0 Å². The maximum absolute atomic E-state index is 11.1. The van der Waals surface area contributed by atoms with Gasteiger partial charge in [-0.25, -0.2) is 0 Å². The highest BCUT2D eigenvalue weighted by molar-refractivity contribution is 5.70. The normalized spacial score (nSPS) is 39.7. The zero-order valence-electron chi connectivity index (χ0n) is 8.81. The predicted molar refractivity (Wildman–Crippen MR) is 53.1 cm³/mol. The molecular formula is C10H18N2O2. The summed E-state index contributed by atoms with van der Waals surface area (Å²) < 4.78 is 0. The first kappa shape index (κ1) is 9.93. The Morgan fingerprint density at radius 3 is 2.71 bits per heavy atom. The van der Waals surface area contributed by atoms with Crippen molar-refractivity contribution in [2.24, 2.45) is 11.8 Å². The number of carboxylic acids is 1. The fraction of sp³-hybridized carbons (Fsp3) is 0.900. The molecule has 2 fully saturated rings. The summed E-state index contributed by atoms with van der Waals surface area (Å²) in [7, 11) is 4.18. The van der Waals surface area contributed by atoms with Crippen LogP contribution in [0, 0.1) is 11.8 Å². The fourth-order valence-corrected chi connectivity index (χ4v) is 2.90. The van der Waals surface area contributed by atoms with Crippen molar-refractivity contribution in [3.63, 3.8) is 0 Å². The number of aliphatic carboxylic acids is 1. The van der Waals surface area contributed by atoms with Crippen molar-refractivity contribution in [1.29, 1.82) is 0 Å². The van der Waals surface area contributed by atoms with E-state index in [1.54, 1.807) is 0 Å². The molecule has 1 N–H and O–H groups in total. The topological polar surface area (TPSA) is 43.8 Å². The van der Waals surface area contributed by atoms with E-state index in [0.717, 1.165) is 26.1 Å². The van der Waals surface area contributed by atoms with Gasteiger partial charge in [0.1, 0.15) is 0 Å². The van der Waals surface area contributed by atoms with Gasteiger partial charge in [0.2, 0.25) is 0 Å². The molecular weight excluding hydrogens is 180 g/mol. The molecule has 2 rings (SSSR count). The molecule has 2 heterocycles. The molecule has 2 aliphatic rings. The van der Waals surface area contributed by atoms with Gasteiger partial charge in [-0.2, -0.15) is 0 Å². The summed E-state index contributed by atoms with van der Waals surface area (Å²) in [6, 6.07) is 0.454. The predicted octanol–water partition coefficient (Wildman–Crippen LogP) is -0.0471. The second-order valence-electron chi connectivity index (χ2n) is 4.67. The Kier molecular flexibility index (Phi) is 2.49. The average molecular weight is 198 g/mol. The number of likely N-dealkylation sites (N-methyl/N-ethyl adjacent to an activating group) is 2. The van der Waals surface area contributed by atoms with E-state index in [2.05, 4.69) is 23.9 Å². The minimum absolute atomic E-state index is 0.124. The average Bonchev–Trinajstić information content (AvgIpc) is 2.47. The maximum Gasteiger partial charge on any atom is 0.306 e. The van der Waals surface area contributed by atoms with Gasteiger partial charge < -0.3 is 14.9 Å². The minimum atomic E-state index is -0.608. The molecule has 3 unspecified atom stereocenters. The molecule has 0 aromatic heterocycles. The molecule has 0 bridgehead atoms. The smallest absolute Gasteiger partial charge is 0.306 e. The van der Waals surface area contributed by atoms with Crippen LogP contribution in [-0.4, -0.2) is 60.6 Å². The third kappa shape index (κ3) is 1.53.